The zero-order valence-corrected chi connectivity index (χ0v) is 11.9. The SMILES string of the molecule is COC(=O)C[C@@H](N)c1cc2ccccc2nc1Cl.Cl. The van der Waals surface area contributed by atoms with Crippen LogP contribution in [0.2, 0.25) is 5.15 Å². The number of esters is 1. The number of carbonyl (C=O) groups excluding carboxylic acids is 1. The number of nitrogens with two attached hydrogens (primary N) is 1. The summed E-state index contributed by atoms with van der Waals surface area (Å²) in [4.78, 5) is 15.5. The van der Waals surface area contributed by atoms with Gasteiger partial charge >= 0.3 is 5.97 Å². The summed E-state index contributed by atoms with van der Waals surface area (Å²) in [5, 5.41) is 1.27. The predicted molar refractivity (Wildman–Crippen MR) is 77.6 cm³/mol. The zero-order chi connectivity index (χ0) is 13.1. The van der Waals surface area contributed by atoms with Crippen LogP contribution in [0.4, 0.5) is 0 Å². The monoisotopic (exact) mass is 300 g/mol. The minimum Gasteiger partial charge on any atom is -0.469 e. The molecule has 0 saturated carbocycles. The third-order valence-corrected chi connectivity index (χ3v) is 3.02. The number of aromatic nitrogens is 1. The number of carbonyl (C=O) groups is 1. The minimum atomic E-state index is -0.512. The summed E-state index contributed by atoms with van der Waals surface area (Å²) < 4.78 is 4.59. The Morgan fingerprint density at radius 3 is 2.84 bits per heavy atom. The summed E-state index contributed by atoms with van der Waals surface area (Å²) in [6.45, 7) is 0. The Hall–Kier alpha value is -1.36. The van der Waals surface area contributed by atoms with Gasteiger partial charge in [0, 0.05) is 17.0 Å². The summed E-state index contributed by atoms with van der Waals surface area (Å²) in [5.41, 5.74) is 7.39. The lowest BCUT2D eigenvalue weighted by molar-refractivity contribution is -0.141. The molecule has 0 radical (unpaired) electrons. The molecule has 0 aliphatic heterocycles. The normalized spacial score (nSPS) is 11.7. The van der Waals surface area contributed by atoms with Crippen LogP contribution in [0.15, 0.2) is 30.3 Å². The molecule has 0 bridgehead atoms. The van der Waals surface area contributed by atoms with E-state index in [4.69, 9.17) is 17.3 Å². The summed E-state index contributed by atoms with van der Waals surface area (Å²) in [5.74, 6) is -0.369. The first-order valence-electron chi connectivity index (χ1n) is 5.49. The third-order valence-electron chi connectivity index (χ3n) is 2.72. The lowest BCUT2D eigenvalue weighted by Gasteiger charge is -2.12. The molecule has 102 valence electrons. The number of pyridine rings is 1. The number of hydrogen-bond acceptors (Lipinski definition) is 4. The Balaban J connectivity index is 0.00000180. The van der Waals surface area contributed by atoms with Crippen molar-refractivity contribution >= 4 is 40.9 Å². The standard InChI is InChI=1S/C13H13ClN2O2.ClH/c1-18-12(17)7-10(15)9-6-8-4-2-3-5-11(8)16-13(9)14;/h2-6,10H,7,15H2,1H3;1H/t10-;/m1./s1. The molecule has 4 nitrogen and oxygen atoms in total. The number of rotatable bonds is 3. The second-order valence-electron chi connectivity index (χ2n) is 3.95. The van der Waals surface area contributed by atoms with Crippen molar-refractivity contribution in [3.8, 4) is 0 Å². The summed E-state index contributed by atoms with van der Waals surface area (Å²) in [7, 11) is 1.33. The summed E-state index contributed by atoms with van der Waals surface area (Å²) in [6.07, 6.45) is 0.0796. The van der Waals surface area contributed by atoms with Gasteiger partial charge in [-0.25, -0.2) is 4.98 Å². The number of fused-ring (bicyclic) bond motifs is 1. The average molecular weight is 301 g/mol. The van der Waals surface area contributed by atoms with Gasteiger partial charge in [-0.3, -0.25) is 4.79 Å². The van der Waals surface area contributed by atoms with Gasteiger partial charge in [0.2, 0.25) is 0 Å². The van der Waals surface area contributed by atoms with Crippen molar-refractivity contribution in [2.24, 2.45) is 5.73 Å². The van der Waals surface area contributed by atoms with Gasteiger partial charge in [-0.1, -0.05) is 29.8 Å². The van der Waals surface area contributed by atoms with Crippen molar-refractivity contribution in [1.29, 1.82) is 0 Å². The number of hydrogen-bond donors (Lipinski definition) is 1. The molecule has 2 rings (SSSR count). The topological polar surface area (TPSA) is 65.2 Å². The second kappa shape index (κ2) is 6.70. The van der Waals surface area contributed by atoms with E-state index in [2.05, 4.69) is 9.72 Å². The first-order chi connectivity index (χ1) is 8.61. The molecule has 0 aliphatic rings. The van der Waals surface area contributed by atoms with Gasteiger partial charge in [-0.2, -0.15) is 0 Å². The van der Waals surface area contributed by atoms with Crippen molar-refractivity contribution in [2.45, 2.75) is 12.5 Å². The minimum absolute atomic E-state index is 0. The molecule has 2 aromatic rings. The predicted octanol–water partition coefficient (Wildman–Crippen LogP) is 2.87. The molecule has 19 heavy (non-hydrogen) atoms. The van der Waals surface area contributed by atoms with Gasteiger partial charge in [-0.05, 0) is 12.1 Å². The Morgan fingerprint density at radius 2 is 2.16 bits per heavy atom. The van der Waals surface area contributed by atoms with Crippen LogP contribution in [0.25, 0.3) is 10.9 Å². The number of ether oxygens (including phenoxy) is 1. The van der Waals surface area contributed by atoms with Crippen molar-refractivity contribution in [1.82, 2.24) is 4.98 Å². The number of methoxy groups -OCH3 is 1. The van der Waals surface area contributed by atoms with E-state index in [1.54, 1.807) is 0 Å². The average Bonchev–Trinajstić information content (AvgIpc) is 2.37. The van der Waals surface area contributed by atoms with E-state index < -0.39 is 6.04 Å². The van der Waals surface area contributed by atoms with Gasteiger partial charge in [0.15, 0.2) is 0 Å². The molecule has 1 aromatic heterocycles. The fourth-order valence-corrected chi connectivity index (χ4v) is 2.03. The number of para-hydroxylation sites is 1. The van der Waals surface area contributed by atoms with Gasteiger partial charge in [0.25, 0.3) is 0 Å². The molecule has 1 heterocycles. The smallest absolute Gasteiger partial charge is 0.307 e. The highest BCUT2D eigenvalue weighted by atomic mass is 35.5. The van der Waals surface area contributed by atoms with Crippen LogP contribution in [0, 0.1) is 0 Å². The van der Waals surface area contributed by atoms with Crippen LogP contribution >= 0.6 is 24.0 Å². The highest BCUT2D eigenvalue weighted by Gasteiger charge is 2.16. The van der Waals surface area contributed by atoms with Crippen LogP contribution < -0.4 is 5.73 Å². The van der Waals surface area contributed by atoms with Crippen molar-refractivity contribution in [2.75, 3.05) is 7.11 Å². The number of benzene rings is 1. The van der Waals surface area contributed by atoms with E-state index in [1.165, 1.54) is 7.11 Å². The second-order valence-corrected chi connectivity index (χ2v) is 4.31. The fourth-order valence-electron chi connectivity index (χ4n) is 1.74. The van der Waals surface area contributed by atoms with Crippen molar-refractivity contribution in [3.63, 3.8) is 0 Å². The van der Waals surface area contributed by atoms with Crippen LogP contribution in [0.1, 0.15) is 18.0 Å². The molecule has 0 fully saturated rings. The molecule has 0 saturated heterocycles. The van der Waals surface area contributed by atoms with E-state index in [0.717, 1.165) is 10.9 Å². The molecular formula is C13H14Cl2N2O2. The molecule has 2 N–H and O–H groups in total. The van der Waals surface area contributed by atoms with Gasteiger partial charge in [-0.15, -0.1) is 12.4 Å². The molecular weight excluding hydrogens is 287 g/mol. The van der Waals surface area contributed by atoms with Gasteiger partial charge in [0.1, 0.15) is 5.15 Å². The molecule has 1 atom stereocenters. The number of nitrogens with zero attached hydrogens (tertiary/aromatic N) is 1. The highest BCUT2D eigenvalue weighted by molar-refractivity contribution is 6.30. The quantitative estimate of drug-likeness (QED) is 0.699. The lowest BCUT2D eigenvalue weighted by Crippen LogP contribution is -2.17. The zero-order valence-electron chi connectivity index (χ0n) is 10.3. The van der Waals surface area contributed by atoms with Crippen LogP contribution in [0.5, 0.6) is 0 Å². The molecule has 1 aromatic carbocycles. The molecule has 0 aliphatic carbocycles. The summed E-state index contributed by atoms with van der Waals surface area (Å²) in [6, 6.07) is 8.94. The first-order valence-corrected chi connectivity index (χ1v) is 5.87. The fraction of sp³-hybridized carbons (Fsp3) is 0.231. The van der Waals surface area contributed by atoms with Crippen molar-refractivity contribution in [3.05, 3.63) is 41.0 Å². The highest BCUT2D eigenvalue weighted by Crippen LogP contribution is 2.26. The Labute approximate surface area is 122 Å². The molecule has 0 amide bonds. The van der Waals surface area contributed by atoms with E-state index >= 15 is 0 Å². The Kier molecular flexibility index (Phi) is 5.54. The van der Waals surface area contributed by atoms with Crippen LogP contribution in [-0.2, 0) is 9.53 Å². The maximum Gasteiger partial charge on any atom is 0.307 e. The van der Waals surface area contributed by atoms with E-state index in [0.29, 0.717) is 10.7 Å². The number of halogens is 2. The third kappa shape index (κ3) is 3.56. The van der Waals surface area contributed by atoms with Gasteiger partial charge < -0.3 is 10.5 Å². The largest absolute Gasteiger partial charge is 0.469 e. The molecule has 6 heteroatoms. The summed E-state index contributed by atoms with van der Waals surface area (Å²) >= 11 is 6.08. The Bertz CT molecular complexity index is 590. The van der Waals surface area contributed by atoms with E-state index in [1.807, 2.05) is 30.3 Å². The molecule has 0 unspecified atom stereocenters. The lowest BCUT2D eigenvalue weighted by atomic mass is 10.0. The maximum atomic E-state index is 11.2. The van der Waals surface area contributed by atoms with Crippen LogP contribution in [0.3, 0.4) is 0 Å². The van der Waals surface area contributed by atoms with Gasteiger partial charge in [0.05, 0.1) is 19.0 Å². The maximum absolute atomic E-state index is 11.2. The van der Waals surface area contributed by atoms with Crippen LogP contribution in [-0.4, -0.2) is 18.1 Å². The van der Waals surface area contributed by atoms with E-state index in [9.17, 15) is 4.79 Å². The first kappa shape index (κ1) is 15.7. The van der Waals surface area contributed by atoms with Crippen molar-refractivity contribution < 1.29 is 9.53 Å². The Morgan fingerprint density at radius 1 is 1.47 bits per heavy atom. The molecule has 0 spiro atoms. The van der Waals surface area contributed by atoms with E-state index in [-0.39, 0.29) is 24.8 Å².